The van der Waals surface area contributed by atoms with E-state index in [0.717, 1.165) is 20.4 Å². The average molecular weight is 751 g/mol. The number of hydrogen-bond donors (Lipinski definition) is 4. The average Bonchev–Trinajstić information content (AvgIpc) is 3.06. The smallest absolute Gasteiger partial charge is 0.337 e. The minimum atomic E-state index is -1.12. The number of amides is 2. The molecule has 0 unspecified atom stereocenters. The molecular formula is C35H35IN4O7. The number of allylic oxidation sites excluding steroid dienone is 1. The fraction of sp³-hybridized carbons (Fsp3) is 0.229. The number of rotatable bonds is 13. The van der Waals surface area contributed by atoms with Crippen LogP contribution in [0.4, 0.5) is 4.79 Å². The third kappa shape index (κ3) is 8.32. The highest BCUT2D eigenvalue weighted by Gasteiger charge is 2.32. The molecule has 1 heterocycles. The van der Waals surface area contributed by atoms with Crippen molar-refractivity contribution < 1.29 is 33.6 Å². The van der Waals surface area contributed by atoms with Gasteiger partial charge >= 0.3 is 12.0 Å². The molecule has 0 aromatic heterocycles. The van der Waals surface area contributed by atoms with Gasteiger partial charge in [0.2, 0.25) is 0 Å². The van der Waals surface area contributed by atoms with Gasteiger partial charge in [-0.1, -0.05) is 48.5 Å². The van der Waals surface area contributed by atoms with Crippen LogP contribution in [0.5, 0.6) is 17.2 Å². The van der Waals surface area contributed by atoms with Gasteiger partial charge in [-0.3, -0.25) is 5.43 Å². The van der Waals surface area contributed by atoms with Crippen molar-refractivity contribution in [2.24, 2.45) is 5.10 Å². The lowest BCUT2D eigenvalue weighted by atomic mass is 9.95. The summed E-state index contributed by atoms with van der Waals surface area (Å²) >= 11 is 2.23. The summed E-state index contributed by atoms with van der Waals surface area (Å²) in [6.45, 7) is 4.11. The van der Waals surface area contributed by atoms with Crippen LogP contribution in [0.2, 0.25) is 0 Å². The maximum Gasteiger partial charge on any atom is 0.337 e. The number of fused-ring (bicyclic) bond motifs is 1. The highest BCUT2D eigenvalue weighted by atomic mass is 127. The van der Waals surface area contributed by atoms with E-state index in [9.17, 15) is 14.7 Å². The molecule has 0 saturated carbocycles. The molecule has 0 spiro atoms. The molecule has 11 nitrogen and oxygen atoms in total. The number of urea groups is 1. The lowest BCUT2D eigenvalue weighted by Crippen LogP contribution is -2.45. The number of aliphatic hydroxyl groups is 1. The van der Waals surface area contributed by atoms with Crippen molar-refractivity contribution in [2.45, 2.75) is 32.7 Å². The Morgan fingerprint density at radius 3 is 2.60 bits per heavy atom. The van der Waals surface area contributed by atoms with E-state index in [2.05, 4.69) is 68.0 Å². The summed E-state index contributed by atoms with van der Waals surface area (Å²) in [6, 6.07) is 24.0. The standard InChI is InChI=1S/C35H35IN4O7/c1-4-45-30-17-24(33-32(34(42)44-3)21(2)38-35(43)39-33)13-15-29(30)47-20-31(41)40-37-18-22-12-14-28(27(36)16-22)46-19-25-10-7-9-23-8-5-6-11-26(23)25/h5-18,31,33,40-41H,4,19-20H2,1-3H3,(H2,38,39,43)/b37-18-/t31-,33+/m1/s1. The summed E-state index contributed by atoms with van der Waals surface area (Å²) in [5.41, 5.74) is 5.87. The van der Waals surface area contributed by atoms with E-state index in [-0.39, 0.29) is 12.2 Å². The molecule has 244 valence electrons. The Hall–Kier alpha value is -4.82. The number of aliphatic hydroxyl groups excluding tert-OH is 1. The lowest BCUT2D eigenvalue weighted by Gasteiger charge is -2.28. The predicted molar refractivity (Wildman–Crippen MR) is 186 cm³/mol. The zero-order valence-corrected chi connectivity index (χ0v) is 28.2. The Morgan fingerprint density at radius 1 is 1.02 bits per heavy atom. The Morgan fingerprint density at radius 2 is 1.81 bits per heavy atom. The Kier molecular flexibility index (Phi) is 11.2. The van der Waals surface area contributed by atoms with Crippen LogP contribution in [-0.4, -0.2) is 49.9 Å². The number of ether oxygens (including phenoxy) is 4. The summed E-state index contributed by atoms with van der Waals surface area (Å²) in [5, 5.41) is 22.3. The molecule has 1 aliphatic rings. The molecule has 0 aliphatic carbocycles. The second-order valence-corrected chi connectivity index (χ2v) is 11.7. The second-order valence-electron chi connectivity index (χ2n) is 10.5. The number of halogens is 1. The molecule has 4 N–H and O–H groups in total. The fourth-order valence-corrected chi connectivity index (χ4v) is 5.80. The SMILES string of the molecule is CCOc1cc([C@@H]2NC(=O)NC(C)=C2C(=O)OC)ccc1OC[C@@H](O)N/N=C\c1ccc(OCc2cccc3ccccc23)c(I)c1. The van der Waals surface area contributed by atoms with Gasteiger partial charge in [-0.2, -0.15) is 5.10 Å². The van der Waals surface area contributed by atoms with Crippen LogP contribution in [0.25, 0.3) is 10.8 Å². The molecule has 0 radical (unpaired) electrons. The quantitative estimate of drug-likeness (QED) is 0.0460. The minimum absolute atomic E-state index is 0.133. The number of carbonyl (C=O) groups excluding carboxylic acids is 2. The topological polar surface area (TPSA) is 140 Å². The van der Waals surface area contributed by atoms with Crippen molar-refractivity contribution in [2.75, 3.05) is 20.3 Å². The van der Waals surface area contributed by atoms with E-state index in [1.165, 1.54) is 17.9 Å². The number of benzene rings is 4. The highest BCUT2D eigenvalue weighted by molar-refractivity contribution is 14.1. The molecule has 4 aromatic carbocycles. The van der Waals surface area contributed by atoms with E-state index in [0.29, 0.717) is 36.0 Å². The number of nitrogens with zero attached hydrogens (tertiary/aromatic N) is 1. The zero-order valence-electron chi connectivity index (χ0n) is 26.1. The molecule has 2 amide bonds. The molecule has 0 fully saturated rings. The second kappa shape index (κ2) is 15.6. The monoisotopic (exact) mass is 750 g/mol. The molecule has 12 heteroatoms. The van der Waals surface area contributed by atoms with Gasteiger partial charge in [0, 0.05) is 5.70 Å². The molecule has 5 rings (SSSR count). The molecule has 4 aromatic rings. The number of hydrazone groups is 1. The van der Waals surface area contributed by atoms with Crippen molar-refractivity contribution in [1.29, 1.82) is 0 Å². The van der Waals surface area contributed by atoms with Crippen molar-refractivity contribution in [3.63, 3.8) is 0 Å². The first kappa shape index (κ1) is 33.5. The van der Waals surface area contributed by atoms with E-state index >= 15 is 0 Å². The molecule has 0 bridgehead atoms. The summed E-state index contributed by atoms with van der Waals surface area (Å²) in [6.07, 6.45) is 0.477. The van der Waals surface area contributed by atoms with Crippen LogP contribution in [0.15, 0.2) is 95.2 Å². The first-order chi connectivity index (χ1) is 22.8. The van der Waals surface area contributed by atoms with E-state index in [1.54, 1.807) is 31.3 Å². The van der Waals surface area contributed by atoms with Gasteiger partial charge in [0.25, 0.3) is 0 Å². The van der Waals surface area contributed by atoms with E-state index in [4.69, 9.17) is 18.9 Å². The molecule has 2 atom stereocenters. The first-order valence-corrected chi connectivity index (χ1v) is 16.0. The van der Waals surface area contributed by atoms with Crippen LogP contribution >= 0.6 is 22.6 Å². The van der Waals surface area contributed by atoms with Gasteiger partial charge in [0.05, 0.1) is 35.1 Å². The van der Waals surface area contributed by atoms with Crippen LogP contribution in [0.3, 0.4) is 0 Å². The van der Waals surface area contributed by atoms with Crippen LogP contribution in [0, 0.1) is 3.57 Å². The van der Waals surface area contributed by atoms with Gasteiger partial charge in [-0.25, -0.2) is 9.59 Å². The Balaban J connectivity index is 1.17. The largest absolute Gasteiger partial charge is 0.490 e. The molecular weight excluding hydrogens is 715 g/mol. The summed E-state index contributed by atoms with van der Waals surface area (Å²) in [5.74, 6) is 0.953. The van der Waals surface area contributed by atoms with E-state index in [1.807, 2.05) is 43.3 Å². The van der Waals surface area contributed by atoms with Crippen molar-refractivity contribution in [3.05, 3.63) is 110 Å². The summed E-state index contributed by atoms with van der Waals surface area (Å²) < 4.78 is 23.6. The maximum absolute atomic E-state index is 12.5. The fourth-order valence-electron chi connectivity index (χ4n) is 5.11. The summed E-state index contributed by atoms with van der Waals surface area (Å²) in [7, 11) is 1.28. The lowest BCUT2D eigenvalue weighted by molar-refractivity contribution is -0.136. The predicted octanol–water partition coefficient (Wildman–Crippen LogP) is 5.54. The number of hydrogen-bond acceptors (Lipinski definition) is 9. The highest BCUT2D eigenvalue weighted by Crippen LogP contribution is 2.35. The minimum Gasteiger partial charge on any atom is -0.490 e. The van der Waals surface area contributed by atoms with Crippen molar-refractivity contribution >= 4 is 51.6 Å². The Bertz CT molecular complexity index is 1820. The number of esters is 1. The van der Waals surface area contributed by atoms with Gasteiger partial charge in [0.15, 0.2) is 17.7 Å². The van der Waals surface area contributed by atoms with Gasteiger partial charge < -0.3 is 34.7 Å². The third-order valence-corrected chi connectivity index (χ3v) is 8.17. The molecule has 1 aliphatic heterocycles. The Labute approximate surface area is 286 Å². The molecule has 0 saturated heterocycles. The zero-order chi connectivity index (χ0) is 33.3. The number of methoxy groups -OCH3 is 1. The third-order valence-electron chi connectivity index (χ3n) is 7.33. The van der Waals surface area contributed by atoms with E-state index < -0.39 is 24.3 Å². The molecule has 47 heavy (non-hydrogen) atoms. The van der Waals surface area contributed by atoms with Crippen LogP contribution < -0.4 is 30.3 Å². The van der Waals surface area contributed by atoms with Gasteiger partial charge in [0.1, 0.15) is 19.0 Å². The van der Waals surface area contributed by atoms with Crippen molar-refractivity contribution in [1.82, 2.24) is 16.1 Å². The maximum atomic E-state index is 12.5. The van der Waals surface area contributed by atoms with Gasteiger partial charge in [-0.05, 0) is 94.2 Å². The summed E-state index contributed by atoms with van der Waals surface area (Å²) in [4.78, 5) is 24.6. The first-order valence-electron chi connectivity index (χ1n) is 14.9. The normalized spacial score (nSPS) is 15.2. The van der Waals surface area contributed by atoms with Crippen LogP contribution in [-0.2, 0) is 16.1 Å². The number of carbonyl (C=O) groups is 2. The number of nitrogens with one attached hydrogen (secondary N) is 3. The van der Waals surface area contributed by atoms with Gasteiger partial charge in [-0.15, -0.1) is 0 Å². The van der Waals surface area contributed by atoms with Crippen LogP contribution in [0.1, 0.15) is 36.6 Å². The van der Waals surface area contributed by atoms with Crippen molar-refractivity contribution in [3.8, 4) is 17.2 Å².